The van der Waals surface area contributed by atoms with Gasteiger partial charge in [-0.15, -0.1) is 0 Å². The van der Waals surface area contributed by atoms with Crippen LogP contribution in [0, 0.1) is 11.3 Å². The number of methoxy groups -OCH3 is 1. The smallest absolute Gasteiger partial charge is 0.337 e. The number of allylic oxidation sites excluding steroid dienone is 3. The first-order valence-electron chi connectivity index (χ1n) is 6.88. The van der Waals surface area contributed by atoms with Crippen LogP contribution in [0.4, 0.5) is 0 Å². The minimum absolute atomic E-state index is 0.0166. The Hall–Kier alpha value is -3.07. The first-order chi connectivity index (χ1) is 10.9. The van der Waals surface area contributed by atoms with Crippen LogP contribution in [0.5, 0.6) is 0 Å². The summed E-state index contributed by atoms with van der Waals surface area (Å²) < 4.78 is 9.97. The second-order valence-electron chi connectivity index (χ2n) is 5.06. The van der Waals surface area contributed by atoms with Gasteiger partial charge in [0.05, 0.1) is 18.6 Å². The van der Waals surface area contributed by atoms with Crippen molar-refractivity contribution in [1.82, 2.24) is 0 Å². The van der Waals surface area contributed by atoms with Gasteiger partial charge in [-0.2, -0.15) is 5.26 Å². The molecule has 0 amide bonds. The Kier molecular flexibility index (Phi) is 4.51. The second-order valence-corrected chi connectivity index (χ2v) is 5.06. The first-order valence-corrected chi connectivity index (χ1v) is 6.88. The van der Waals surface area contributed by atoms with E-state index in [0.717, 1.165) is 0 Å². The Morgan fingerprint density at radius 1 is 1.30 bits per heavy atom. The van der Waals surface area contributed by atoms with Gasteiger partial charge in [0.25, 0.3) is 0 Å². The zero-order chi connectivity index (χ0) is 17.1. The van der Waals surface area contributed by atoms with E-state index in [0.29, 0.717) is 22.5 Å². The van der Waals surface area contributed by atoms with Gasteiger partial charge in [0.15, 0.2) is 5.78 Å². The highest BCUT2D eigenvalue weighted by molar-refractivity contribution is 5.97. The van der Waals surface area contributed by atoms with Crippen molar-refractivity contribution < 1.29 is 19.1 Å². The molecule has 0 fully saturated rings. The third-order valence-electron chi connectivity index (χ3n) is 3.65. The largest absolute Gasteiger partial charge is 0.465 e. The summed E-state index contributed by atoms with van der Waals surface area (Å²) in [7, 11) is 1.30. The monoisotopic (exact) mass is 312 g/mol. The van der Waals surface area contributed by atoms with Crippen LogP contribution < -0.4 is 5.73 Å². The molecule has 1 aliphatic heterocycles. The number of rotatable bonds is 3. The SMILES string of the molecule is COC(=O)c1ccc([C@H]2C(C#N)=C(N)OC(C)=C2C(C)=O)cc1. The minimum atomic E-state index is -0.613. The van der Waals surface area contributed by atoms with Crippen molar-refractivity contribution >= 4 is 11.8 Å². The number of nitrogens with zero attached hydrogens (tertiary/aromatic N) is 1. The van der Waals surface area contributed by atoms with Crippen LogP contribution in [-0.4, -0.2) is 18.9 Å². The molecule has 0 aliphatic carbocycles. The van der Waals surface area contributed by atoms with Crippen LogP contribution in [0.2, 0.25) is 0 Å². The average Bonchev–Trinajstić information content (AvgIpc) is 2.53. The number of ketones is 1. The number of hydrogen-bond acceptors (Lipinski definition) is 6. The van der Waals surface area contributed by atoms with Crippen molar-refractivity contribution in [3.05, 3.63) is 58.2 Å². The van der Waals surface area contributed by atoms with E-state index in [1.165, 1.54) is 14.0 Å². The maximum atomic E-state index is 12.0. The summed E-state index contributed by atoms with van der Waals surface area (Å²) in [5, 5.41) is 9.38. The van der Waals surface area contributed by atoms with E-state index in [4.69, 9.17) is 10.5 Å². The maximum Gasteiger partial charge on any atom is 0.337 e. The van der Waals surface area contributed by atoms with E-state index < -0.39 is 11.9 Å². The molecular formula is C17H16N2O4. The lowest BCUT2D eigenvalue weighted by atomic mass is 9.81. The number of ether oxygens (including phenoxy) is 2. The zero-order valence-corrected chi connectivity index (χ0v) is 13.0. The molecular weight excluding hydrogens is 296 g/mol. The summed E-state index contributed by atoms with van der Waals surface area (Å²) >= 11 is 0. The van der Waals surface area contributed by atoms with Crippen molar-refractivity contribution in [2.45, 2.75) is 19.8 Å². The number of carbonyl (C=O) groups is 2. The zero-order valence-electron chi connectivity index (χ0n) is 13.0. The molecule has 1 aromatic rings. The summed E-state index contributed by atoms with van der Waals surface area (Å²) in [6.07, 6.45) is 0. The Morgan fingerprint density at radius 3 is 2.39 bits per heavy atom. The fourth-order valence-corrected chi connectivity index (χ4v) is 2.60. The van der Waals surface area contributed by atoms with Crippen LogP contribution in [0.3, 0.4) is 0 Å². The molecule has 0 aromatic heterocycles. The number of Topliss-reactive ketones (excluding diaryl/α,β-unsaturated/α-hetero) is 1. The summed E-state index contributed by atoms with van der Waals surface area (Å²) in [5.74, 6) is -0.923. The van der Waals surface area contributed by atoms with Crippen molar-refractivity contribution in [2.24, 2.45) is 5.73 Å². The lowest BCUT2D eigenvalue weighted by Crippen LogP contribution is -2.23. The van der Waals surface area contributed by atoms with Crippen molar-refractivity contribution in [2.75, 3.05) is 7.11 Å². The minimum Gasteiger partial charge on any atom is -0.465 e. The lowest BCUT2D eigenvalue weighted by molar-refractivity contribution is -0.114. The van der Waals surface area contributed by atoms with E-state index >= 15 is 0 Å². The van der Waals surface area contributed by atoms with Gasteiger partial charge in [0.2, 0.25) is 5.88 Å². The molecule has 23 heavy (non-hydrogen) atoms. The van der Waals surface area contributed by atoms with E-state index in [-0.39, 0.29) is 17.2 Å². The van der Waals surface area contributed by atoms with Gasteiger partial charge in [-0.3, -0.25) is 4.79 Å². The van der Waals surface area contributed by atoms with Crippen molar-refractivity contribution in [3.63, 3.8) is 0 Å². The Labute approximate surface area is 133 Å². The van der Waals surface area contributed by atoms with Crippen LogP contribution in [0.25, 0.3) is 0 Å². The highest BCUT2D eigenvalue weighted by atomic mass is 16.5. The fraction of sp³-hybridized carbons (Fsp3) is 0.235. The van der Waals surface area contributed by atoms with Crippen LogP contribution in [0.1, 0.15) is 35.7 Å². The number of hydrogen-bond donors (Lipinski definition) is 1. The summed E-state index contributed by atoms with van der Waals surface area (Å²) in [4.78, 5) is 23.5. The molecule has 0 radical (unpaired) electrons. The molecule has 6 nitrogen and oxygen atoms in total. The molecule has 1 heterocycles. The fourth-order valence-electron chi connectivity index (χ4n) is 2.60. The van der Waals surface area contributed by atoms with E-state index in [2.05, 4.69) is 4.74 Å². The summed E-state index contributed by atoms with van der Waals surface area (Å²) in [6, 6.07) is 8.50. The number of nitrogens with two attached hydrogens (primary N) is 1. The molecule has 0 unspecified atom stereocenters. The Bertz CT molecular complexity index is 767. The second kappa shape index (κ2) is 6.36. The van der Waals surface area contributed by atoms with Gasteiger partial charge in [-0.05, 0) is 31.5 Å². The number of nitriles is 1. The van der Waals surface area contributed by atoms with E-state index in [1.807, 2.05) is 6.07 Å². The molecule has 1 aliphatic rings. The molecule has 118 valence electrons. The predicted octanol–water partition coefficient (Wildman–Crippen LogP) is 2.14. The quantitative estimate of drug-likeness (QED) is 0.858. The summed E-state index contributed by atoms with van der Waals surface area (Å²) in [5.41, 5.74) is 7.38. The van der Waals surface area contributed by atoms with Gasteiger partial charge >= 0.3 is 5.97 Å². The van der Waals surface area contributed by atoms with Gasteiger partial charge in [0, 0.05) is 5.57 Å². The Morgan fingerprint density at radius 2 is 1.91 bits per heavy atom. The highest BCUT2D eigenvalue weighted by Gasteiger charge is 2.33. The van der Waals surface area contributed by atoms with Gasteiger partial charge in [-0.25, -0.2) is 4.79 Å². The first kappa shape index (κ1) is 16.3. The Balaban J connectivity index is 2.56. The topological polar surface area (TPSA) is 102 Å². The van der Waals surface area contributed by atoms with Gasteiger partial charge < -0.3 is 15.2 Å². The predicted molar refractivity (Wildman–Crippen MR) is 81.8 cm³/mol. The molecule has 0 saturated carbocycles. The molecule has 1 atom stereocenters. The van der Waals surface area contributed by atoms with Crippen LogP contribution in [-0.2, 0) is 14.3 Å². The van der Waals surface area contributed by atoms with Gasteiger partial charge in [0.1, 0.15) is 17.4 Å². The molecule has 0 spiro atoms. The molecule has 0 bridgehead atoms. The molecule has 2 rings (SSSR count). The molecule has 1 aromatic carbocycles. The molecule has 0 saturated heterocycles. The maximum absolute atomic E-state index is 12.0. The van der Waals surface area contributed by atoms with E-state index in [9.17, 15) is 14.9 Å². The number of carbonyl (C=O) groups excluding carboxylic acids is 2. The average molecular weight is 312 g/mol. The highest BCUT2D eigenvalue weighted by Crippen LogP contribution is 2.39. The third kappa shape index (κ3) is 2.94. The van der Waals surface area contributed by atoms with Crippen molar-refractivity contribution in [1.29, 1.82) is 5.26 Å². The standard InChI is InChI=1S/C17H16N2O4/c1-9(20)14-10(2)23-16(19)13(8-18)15(14)11-4-6-12(7-5-11)17(21)22-3/h4-7,15H,19H2,1-3H3/t15-/m0/s1. The van der Waals surface area contributed by atoms with Gasteiger partial charge in [-0.1, -0.05) is 12.1 Å². The number of benzene rings is 1. The summed E-state index contributed by atoms with van der Waals surface area (Å²) in [6.45, 7) is 3.04. The molecule has 6 heteroatoms. The molecule has 2 N–H and O–H groups in total. The van der Waals surface area contributed by atoms with Crippen molar-refractivity contribution in [3.8, 4) is 6.07 Å². The lowest BCUT2D eigenvalue weighted by Gasteiger charge is -2.26. The van der Waals surface area contributed by atoms with E-state index in [1.54, 1.807) is 31.2 Å². The van der Waals surface area contributed by atoms with Crippen LogP contribution in [0.15, 0.2) is 47.1 Å². The normalized spacial score (nSPS) is 17.4. The van der Waals surface area contributed by atoms with Crippen LogP contribution >= 0.6 is 0 Å². The third-order valence-corrected chi connectivity index (χ3v) is 3.65. The number of esters is 1.